The van der Waals surface area contributed by atoms with Gasteiger partial charge in [0.1, 0.15) is 0 Å². The lowest BCUT2D eigenvalue weighted by Crippen LogP contribution is -2.46. The molecular weight excluding hydrogens is 501 g/mol. The summed E-state index contributed by atoms with van der Waals surface area (Å²) in [6, 6.07) is 15.1. The number of hydrogen-bond acceptors (Lipinski definition) is 3. The average molecular weight is 527 g/mol. The summed E-state index contributed by atoms with van der Waals surface area (Å²) in [4.78, 5) is 22.1. The van der Waals surface area contributed by atoms with Crippen LogP contribution in [0, 0.1) is 6.92 Å². The number of benzene rings is 2. The number of fused-ring (bicyclic) bond motifs is 2. The van der Waals surface area contributed by atoms with Crippen molar-refractivity contribution in [2.24, 2.45) is 0 Å². The Hall–Kier alpha value is -2.37. The lowest BCUT2D eigenvalue weighted by molar-refractivity contribution is 0.0977. The second-order valence-electron chi connectivity index (χ2n) is 9.39. The number of anilines is 1. The maximum absolute atomic E-state index is 13.5. The molecule has 3 heterocycles. The van der Waals surface area contributed by atoms with Gasteiger partial charge in [-0.15, -0.1) is 0 Å². The van der Waals surface area contributed by atoms with Crippen LogP contribution >= 0.6 is 34.8 Å². The highest BCUT2D eigenvalue weighted by atomic mass is 35.5. The van der Waals surface area contributed by atoms with E-state index < -0.39 is 0 Å². The summed E-state index contributed by atoms with van der Waals surface area (Å²) in [6.07, 6.45) is 7.82. The Labute approximate surface area is 221 Å². The van der Waals surface area contributed by atoms with Crippen LogP contribution in [0.1, 0.15) is 40.0 Å². The van der Waals surface area contributed by atoms with E-state index in [9.17, 15) is 4.79 Å². The van der Waals surface area contributed by atoms with Crippen molar-refractivity contribution in [1.82, 2.24) is 9.88 Å². The molecule has 2 aliphatic heterocycles. The van der Waals surface area contributed by atoms with Crippen molar-refractivity contribution in [2.45, 2.75) is 25.2 Å². The molecule has 0 atom stereocenters. The fourth-order valence-electron chi connectivity index (χ4n) is 5.21. The molecule has 0 saturated carbocycles. The molecule has 0 aliphatic carbocycles. The lowest BCUT2D eigenvalue weighted by atomic mass is 9.74. The van der Waals surface area contributed by atoms with Crippen LogP contribution < -0.4 is 4.90 Å². The number of aromatic nitrogens is 1. The zero-order valence-electron chi connectivity index (χ0n) is 19.5. The highest BCUT2D eigenvalue weighted by Gasteiger charge is 2.46. The summed E-state index contributed by atoms with van der Waals surface area (Å²) in [5.41, 5.74) is 4.54. The average Bonchev–Trinajstić information content (AvgIpc) is 3.14. The van der Waals surface area contributed by atoms with Crippen molar-refractivity contribution in [3.8, 4) is 0 Å². The van der Waals surface area contributed by atoms with Crippen molar-refractivity contribution in [3.63, 3.8) is 0 Å². The van der Waals surface area contributed by atoms with Gasteiger partial charge in [-0.05, 0) is 86.4 Å². The van der Waals surface area contributed by atoms with Gasteiger partial charge in [-0.1, -0.05) is 53.0 Å². The van der Waals surface area contributed by atoms with Crippen molar-refractivity contribution in [1.29, 1.82) is 0 Å². The molecular formula is C28H26Cl3N3O. The fourth-order valence-corrected chi connectivity index (χ4v) is 5.86. The summed E-state index contributed by atoms with van der Waals surface area (Å²) < 4.78 is 0. The van der Waals surface area contributed by atoms with Gasteiger partial charge in [0.2, 0.25) is 0 Å². The van der Waals surface area contributed by atoms with Crippen LogP contribution in [0.5, 0.6) is 0 Å². The van der Waals surface area contributed by atoms with Crippen molar-refractivity contribution < 1.29 is 4.79 Å². The molecule has 1 amide bonds. The third kappa shape index (κ3) is 4.99. The van der Waals surface area contributed by atoms with Crippen LogP contribution in [0.15, 0.2) is 60.8 Å². The SMILES string of the molecule is Cc1cc(C(=O)N2CC3(CCN(CC=Cc4ccc(Cl)cc4Cl)CC3)c3cc(Cl)ccc32)ccn1. The van der Waals surface area contributed by atoms with E-state index >= 15 is 0 Å². The molecule has 3 aromatic rings. The second-order valence-corrected chi connectivity index (χ2v) is 10.7. The Morgan fingerprint density at radius 1 is 1.03 bits per heavy atom. The minimum atomic E-state index is -0.0856. The normalized spacial score (nSPS) is 17.3. The Morgan fingerprint density at radius 3 is 2.51 bits per heavy atom. The van der Waals surface area contributed by atoms with Gasteiger partial charge in [-0.2, -0.15) is 0 Å². The molecule has 1 saturated heterocycles. The zero-order valence-corrected chi connectivity index (χ0v) is 21.7. The molecule has 180 valence electrons. The van der Waals surface area contributed by atoms with Crippen LogP contribution in [0.2, 0.25) is 15.1 Å². The van der Waals surface area contributed by atoms with Crippen molar-refractivity contribution in [2.75, 3.05) is 31.1 Å². The number of aryl methyl sites for hydroxylation is 1. The van der Waals surface area contributed by atoms with Crippen molar-refractivity contribution >= 4 is 52.5 Å². The predicted octanol–water partition coefficient (Wildman–Crippen LogP) is 7.06. The number of piperidine rings is 1. The van der Waals surface area contributed by atoms with Gasteiger partial charge in [0.25, 0.3) is 5.91 Å². The summed E-state index contributed by atoms with van der Waals surface area (Å²) in [5.74, 6) is 0.0150. The number of hydrogen-bond donors (Lipinski definition) is 0. The Morgan fingerprint density at radius 2 is 1.77 bits per heavy atom. The quantitative estimate of drug-likeness (QED) is 0.365. The van der Waals surface area contributed by atoms with Crippen LogP contribution in [-0.2, 0) is 5.41 Å². The van der Waals surface area contributed by atoms with E-state index in [0.717, 1.165) is 49.4 Å². The lowest BCUT2D eigenvalue weighted by Gasteiger charge is -2.39. The zero-order chi connectivity index (χ0) is 24.6. The van der Waals surface area contributed by atoms with E-state index in [0.29, 0.717) is 27.2 Å². The first-order chi connectivity index (χ1) is 16.8. The van der Waals surface area contributed by atoms with E-state index in [2.05, 4.69) is 22.0 Å². The molecule has 0 radical (unpaired) electrons. The van der Waals surface area contributed by atoms with Crippen LogP contribution in [-0.4, -0.2) is 42.0 Å². The Kier molecular flexibility index (Phi) is 6.91. The van der Waals surface area contributed by atoms with Gasteiger partial charge in [-0.25, -0.2) is 0 Å². The third-order valence-corrected chi connectivity index (χ3v) is 7.90. The predicted molar refractivity (Wildman–Crippen MR) is 145 cm³/mol. The third-order valence-electron chi connectivity index (χ3n) is 7.11. The molecule has 0 bridgehead atoms. The fraction of sp³-hybridized carbons (Fsp3) is 0.286. The van der Waals surface area contributed by atoms with E-state index in [-0.39, 0.29) is 11.3 Å². The number of halogens is 3. The van der Waals surface area contributed by atoms with E-state index in [1.165, 1.54) is 5.56 Å². The molecule has 5 rings (SSSR count). The van der Waals surface area contributed by atoms with Gasteiger partial charge in [0.05, 0.1) is 0 Å². The summed E-state index contributed by atoms with van der Waals surface area (Å²) >= 11 is 18.7. The topological polar surface area (TPSA) is 36.4 Å². The molecule has 2 aromatic carbocycles. The Bertz CT molecular complexity index is 1300. The summed E-state index contributed by atoms with van der Waals surface area (Å²) in [5, 5.41) is 2.00. The van der Waals surface area contributed by atoms with E-state index in [1.54, 1.807) is 18.3 Å². The first kappa shape index (κ1) is 24.3. The monoisotopic (exact) mass is 525 g/mol. The largest absolute Gasteiger partial charge is 0.307 e. The molecule has 2 aliphatic rings. The van der Waals surface area contributed by atoms with Gasteiger partial charge >= 0.3 is 0 Å². The number of amides is 1. The number of carbonyl (C=O) groups is 1. The van der Waals surface area contributed by atoms with Gasteiger partial charge < -0.3 is 4.90 Å². The standard InChI is InChI=1S/C28H26Cl3N3O/c1-19-15-21(8-11-32-19)27(35)34-18-28(24-16-22(29)6-7-26(24)34)9-13-33(14-10-28)12-2-3-20-4-5-23(30)17-25(20)31/h2-8,11,15-17H,9-10,12-14,18H2,1H3. The molecule has 1 spiro atoms. The highest BCUT2D eigenvalue weighted by molar-refractivity contribution is 6.35. The summed E-state index contributed by atoms with van der Waals surface area (Å²) in [7, 11) is 0. The molecule has 0 N–H and O–H groups in total. The molecule has 4 nitrogen and oxygen atoms in total. The maximum atomic E-state index is 13.5. The highest BCUT2D eigenvalue weighted by Crippen LogP contribution is 2.48. The van der Waals surface area contributed by atoms with Crippen LogP contribution in [0.4, 0.5) is 5.69 Å². The number of nitrogens with zero attached hydrogens (tertiary/aromatic N) is 3. The van der Waals surface area contributed by atoms with E-state index in [1.807, 2.05) is 48.2 Å². The smallest absolute Gasteiger partial charge is 0.258 e. The van der Waals surface area contributed by atoms with Gasteiger partial charge in [0, 0.05) is 56.7 Å². The van der Waals surface area contributed by atoms with Crippen LogP contribution in [0.25, 0.3) is 6.08 Å². The second kappa shape index (κ2) is 9.94. The first-order valence-electron chi connectivity index (χ1n) is 11.7. The molecule has 35 heavy (non-hydrogen) atoms. The Balaban J connectivity index is 1.31. The van der Waals surface area contributed by atoms with Crippen molar-refractivity contribution in [3.05, 3.63) is 98.3 Å². The number of likely N-dealkylation sites (tertiary alicyclic amines) is 1. The number of carbonyl (C=O) groups excluding carboxylic acids is 1. The molecule has 0 unspecified atom stereocenters. The molecule has 7 heteroatoms. The first-order valence-corrected chi connectivity index (χ1v) is 12.9. The number of rotatable bonds is 4. The molecule has 1 fully saturated rings. The van der Waals surface area contributed by atoms with E-state index in [4.69, 9.17) is 34.8 Å². The number of pyridine rings is 1. The maximum Gasteiger partial charge on any atom is 0.258 e. The summed E-state index contributed by atoms with van der Waals surface area (Å²) in [6.45, 7) is 5.31. The molecule has 1 aromatic heterocycles. The van der Waals surface area contributed by atoms with Crippen LogP contribution in [0.3, 0.4) is 0 Å². The minimum Gasteiger partial charge on any atom is -0.307 e. The van der Waals surface area contributed by atoms with Gasteiger partial charge in [-0.3, -0.25) is 14.7 Å². The minimum absolute atomic E-state index is 0.0150. The van der Waals surface area contributed by atoms with Gasteiger partial charge in [0.15, 0.2) is 0 Å².